The fourth-order valence-corrected chi connectivity index (χ4v) is 4.98. The standard InChI is InChI=1S/C23H28N4O5S/c1-16(28)18-8-10-20(11-9-18)33(31,32)26(2)15-22(29)25-19-6-3-5-17(13-19)14-27-12-4-7-21(27)23(24)30/h3,5-6,8-11,13,21H,4,7,12,14-15H2,1-2H3,(H2,24,30)(H,25,29). The van der Waals surface area contributed by atoms with Gasteiger partial charge in [-0.3, -0.25) is 19.3 Å². The molecule has 1 atom stereocenters. The predicted molar refractivity (Wildman–Crippen MR) is 124 cm³/mol. The third-order valence-electron chi connectivity index (χ3n) is 5.62. The number of primary amides is 1. The SMILES string of the molecule is CC(=O)c1ccc(S(=O)(=O)N(C)CC(=O)Nc2cccc(CN3CCCC3C(N)=O)c2)cc1. The van der Waals surface area contributed by atoms with Crippen molar-refractivity contribution in [2.75, 3.05) is 25.5 Å². The number of hydrogen-bond acceptors (Lipinski definition) is 6. The van der Waals surface area contributed by atoms with Crippen LogP contribution in [0.2, 0.25) is 0 Å². The number of Topliss-reactive ketones (excluding diaryl/α,β-unsaturated/α-hetero) is 1. The van der Waals surface area contributed by atoms with Gasteiger partial charge in [0.25, 0.3) is 0 Å². The zero-order valence-electron chi connectivity index (χ0n) is 18.7. The Morgan fingerprint density at radius 2 is 1.85 bits per heavy atom. The van der Waals surface area contributed by atoms with Crippen LogP contribution in [0.4, 0.5) is 5.69 Å². The molecule has 9 nitrogen and oxygen atoms in total. The highest BCUT2D eigenvalue weighted by molar-refractivity contribution is 7.89. The zero-order chi connectivity index (χ0) is 24.2. The number of anilines is 1. The van der Waals surface area contributed by atoms with Crippen molar-refractivity contribution in [1.82, 2.24) is 9.21 Å². The summed E-state index contributed by atoms with van der Waals surface area (Å²) < 4.78 is 26.5. The maximum atomic E-state index is 12.8. The largest absolute Gasteiger partial charge is 0.368 e. The van der Waals surface area contributed by atoms with Crippen LogP contribution in [0.15, 0.2) is 53.4 Å². The van der Waals surface area contributed by atoms with Crippen LogP contribution in [0.1, 0.15) is 35.7 Å². The van der Waals surface area contributed by atoms with Crippen molar-refractivity contribution in [3.63, 3.8) is 0 Å². The monoisotopic (exact) mass is 472 g/mol. The minimum atomic E-state index is -3.90. The second kappa shape index (κ2) is 10.2. The first kappa shape index (κ1) is 24.6. The quantitative estimate of drug-likeness (QED) is 0.533. The van der Waals surface area contributed by atoms with Crippen LogP contribution >= 0.6 is 0 Å². The Balaban J connectivity index is 1.62. The molecule has 1 aliphatic heterocycles. The second-order valence-corrected chi connectivity index (χ2v) is 10.2. The van der Waals surface area contributed by atoms with E-state index < -0.39 is 15.9 Å². The summed E-state index contributed by atoms with van der Waals surface area (Å²) in [4.78, 5) is 37.5. The number of likely N-dealkylation sites (N-methyl/N-ethyl adjacent to an activating group) is 1. The highest BCUT2D eigenvalue weighted by Gasteiger charge is 2.29. The van der Waals surface area contributed by atoms with Gasteiger partial charge in [0, 0.05) is 24.8 Å². The average molecular weight is 473 g/mol. The van der Waals surface area contributed by atoms with Crippen molar-refractivity contribution in [2.24, 2.45) is 5.73 Å². The maximum absolute atomic E-state index is 12.8. The number of ketones is 1. The number of hydrogen-bond donors (Lipinski definition) is 2. The molecular weight excluding hydrogens is 444 g/mol. The van der Waals surface area contributed by atoms with Crippen molar-refractivity contribution in [1.29, 1.82) is 0 Å². The Kier molecular flexibility index (Phi) is 7.62. The van der Waals surface area contributed by atoms with Gasteiger partial charge in [-0.2, -0.15) is 4.31 Å². The molecule has 1 heterocycles. The highest BCUT2D eigenvalue weighted by Crippen LogP contribution is 2.21. The van der Waals surface area contributed by atoms with Crippen molar-refractivity contribution in [3.05, 3.63) is 59.7 Å². The number of nitrogens with one attached hydrogen (secondary N) is 1. The molecule has 1 aliphatic rings. The molecule has 33 heavy (non-hydrogen) atoms. The number of nitrogens with two attached hydrogens (primary N) is 1. The zero-order valence-corrected chi connectivity index (χ0v) is 19.5. The Morgan fingerprint density at radius 1 is 1.15 bits per heavy atom. The van der Waals surface area contributed by atoms with E-state index in [2.05, 4.69) is 5.32 Å². The topological polar surface area (TPSA) is 130 Å². The van der Waals surface area contributed by atoms with E-state index in [9.17, 15) is 22.8 Å². The van der Waals surface area contributed by atoms with Gasteiger partial charge in [0.15, 0.2) is 5.78 Å². The second-order valence-electron chi connectivity index (χ2n) is 8.12. The number of likely N-dealkylation sites (tertiary alicyclic amines) is 1. The van der Waals surface area contributed by atoms with Crippen LogP contribution in [0, 0.1) is 0 Å². The Hall–Kier alpha value is -3.08. The Bertz CT molecular complexity index is 1150. The molecule has 0 aliphatic carbocycles. The number of nitrogens with zero attached hydrogens (tertiary/aromatic N) is 2. The van der Waals surface area contributed by atoms with Gasteiger partial charge in [-0.15, -0.1) is 0 Å². The van der Waals surface area contributed by atoms with E-state index in [4.69, 9.17) is 5.73 Å². The Morgan fingerprint density at radius 3 is 2.48 bits per heavy atom. The molecule has 1 saturated heterocycles. The van der Waals surface area contributed by atoms with Gasteiger partial charge in [-0.1, -0.05) is 24.3 Å². The predicted octanol–water partition coefficient (Wildman–Crippen LogP) is 1.60. The van der Waals surface area contributed by atoms with E-state index in [1.165, 1.54) is 38.2 Å². The summed E-state index contributed by atoms with van der Waals surface area (Å²) in [7, 11) is -2.58. The molecule has 0 radical (unpaired) electrons. The lowest BCUT2D eigenvalue weighted by Crippen LogP contribution is -2.39. The lowest BCUT2D eigenvalue weighted by molar-refractivity contribution is -0.122. The first-order chi connectivity index (χ1) is 15.6. The first-order valence-electron chi connectivity index (χ1n) is 10.6. The van der Waals surface area contributed by atoms with Gasteiger partial charge in [0.2, 0.25) is 21.8 Å². The summed E-state index contributed by atoms with van der Waals surface area (Å²) in [5, 5.41) is 2.72. The summed E-state index contributed by atoms with van der Waals surface area (Å²) in [5.41, 5.74) is 7.32. The van der Waals surface area contributed by atoms with E-state index in [1.54, 1.807) is 18.2 Å². The number of amides is 2. The van der Waals surface area contributed by atoms with Gasteiger partial charge in [-0.05, 0) is 56.1 Å². The molecule has 3 rings (SSSR count). The number of benzene rings is 2. The minimum absolute atomic E-state index is 0.000541. The molecule has 2 amide bonds. The number of carbonyl (C=O) groups excluding carboxylic acids is 3. The first-order valence-corrected chi connectivity index (χ1v) is 12.0. The van der Waals surface area contributed by atoms with E-state index in [1.807, 2.05) is 11.0 Å². The number of rotatable bonds is 9. The van der Waals surface area contributed by atoms with Gasteiger partial charge >= 0.3 is 0 Å². The maximum Gasteiger partial charge on any atom is 0.243 e. The third kappa shape index (κ3) is 6.04. The molecule has 1 unspecified atom stereocenters. The van der Waals surface area contributed by atoms with E-state index in [0.29, 0.717) is 17.8 Å². The fourth-order valence-electron chi connectivity index (χ4n) is 3.85. The van der Waals surface area contributed by atoms with Crippen LogP contribution < -0.4 is 11.1 Å². The van der Waals surface area contributed by atoms with Crippen LogP contribution in [0.25, 0.3) is 0 Å². The van der Waals surface area contributed by atoms with Crippen molar-refractivity contribution in [3.8, 4) is 0 Å². The highest BCUT2D eigenvalue weighted by atomic mass is 32.2. The smallest absolute Gasteiger partial charge is 0.243 e. The van der Waals surface area contributed by atoms with E-state index >= 15 is 0 Å². The lowest BCUT2D eigenvalue weighted by Gasteiger charge is -2.22. The molecule has 3 N–H and O–H groups in total. The average Bonchev–Trinajstić information content (AvgIpc) is 3.22. The molecule has 0 aromatic heterocycles. The van der Waals surface area contributed by atoms with E-state index in [0.717, 1.165) is 29.3 Å². The molecule has 0 bridgehead atoms. The minimum Gasteiger partial charge on any atom is -0.368 e. The summed E-state index contributed by atoms with van der Waals surface area (Å²) in [6, 6.07) is 12.5. The molecule has 2 aromatic carbocycles. The molecule has 176 valence electrons. The van der Waals surface area contributed by atoms with Crippen LogP contribution in [-0.2, 0) is 26.2 Å². The molecule has 0 spiro atoms. The number of sulfonamides is 1. The van der Waals surface area contributed by atoms with Crippen molar-refractivity contribution >= 4 is 33.3 Å². The lowest BCUT2D eigenvalue weighted by atomic mass is 10.1. The van der Waals surface area contributed by atoms with E-state index in [-0.39, 0.29) is 29.2 Å². The van der Waals surface area contributed by atoms with Crippen LogP contribution in [0.5, 0.6) is 0 Å². The van der Waals surface area contributed by atoms with Gasteiger partial charge in [0.05, 0.1) is 17.5 Å². The molecule has 1 fully saturated rings. The normalized spacial score (nSPS) is 16.6. The third-order valence-corrected chi connectivity index (χ3v) is 7.44. The van der Waals surface area contributed by atoms with Crippen molar-refractivity contribution in [2.45, 2.75) is 37.2 Å². The van der Waals surface area contributed by atoms with Crippen LogP contribution in [-0.4, -0.2) is 61.4 Å². The number of carbonyl (C=O) groups is 3. The molecule has 2 aromatic rings. The van der Waals surface area contributed by atoms with Gasteiger partial charge < -0.3 is 11.1 Å². The fraction of sp³-hybridized carbons (Fsp3) is 0.348. The van der Waals surface area contributed by atoms with Gasteiger partial charge in [0.1, 0.15) is 0 Å². The van der Waals surface area contributed by atoms with Crippen LogP contribution in [0.3, 0.4) is 0 Å². The Labute approximate surface area is 193 Å². The summed E-state index contributed by atoms with van der Waals surface area (Å²) >= 11 is 0. The molecular formula is C23H28N4O5S. The summed E-state index contributed by atoms with van der Waals surface area (Å²) in [5.74, 6) is -0.990. The summed E-state index contributed by atoms with van der Waals surface area (Å²) in [6.07, 6.45) is 1.65. The van der Waals surface area contributed by atoms with Crippen molar-refractivity contribution < 1.29 is 22.8 Å². The molecule has 0 saturated carbocycles. The van der Waals surface area contributed by atoms with Gasteiger partial charge in [-0.25, -0.2) is 8.42 Å². The summed E-state index contributed by atoms with van der Waals surface area (Å²) in [6.45, 7) is 2.33. The molecule has 10 heteroatoms.